The van der Waals surface area contributed by atoms with Crippen LogP contribution in [0.5, 0.6) is 5.75 Å². The Balaban J connectivity index is 1.29. The summed E-state index contributed by atoms with van der Waals surface area (Å²) in [7, 11) is 0. The first-order chi connectivity index (χ1) is 13.2. The first kappa shape index (κ1) is 18.0. The summed E-state index contributed by atoms with van der Waals surface area (Å²) in [6.07, 6.45) is 4.57. The number of hydrogen-bond acceptors (Lipinski definition) is 5. The molecule has 2 heterocycles. The maximum absolute atomic E-state index is 12.4. The molecule has 1 aliphatic heterocycles. The zero-order valence-corrected chi connectivity index (χ0v) is 16.0. The Morgan fingerprint density at radius 2 is 1.78 bits per heavy atom. The molecule has 0 N–H and O–H groups in total. The average Bonchev–Trinajstić information content (AvgIpc) is 2.73. The summed E-state index contributed by atoms with van der Waals surface area (Å²) in [4.78, 5) is 16.5. The van der Waals surface area contributed by atoms with E-state index in [9.17, 15) is 4.79 Å². The minimum Gasteiger partial charge on any atom is -0.484 e. The van der Waals surface area contributed by atoms with E-state index in [2.05, 4.69) is 21.2 Å². The Kier molecular flexibility index (Phi) is 5.43. The Hall–Kier alpha value is -2.34. The van der Waals surface area contributed by atoms with Crippen LogP contribution in [0.25, 0.3) is 0 Å². The summed E-state index contributed by atoms with van der Waals surface area (Å²) in [5.74, 6) is 1.58. The summed E-state index contributed by atoms with van der Waals surface area (Å²) < 4.78 is 5.56. The second kappa shape index (κ2) is 8.13. The summed E-state index contributed by atoms with van der Waals surface area (Å²) in [6.45, 7) is 2.91. The largest absolute Gasteiger partial charge is 0.484 e. The van der Waals surface area contributed by atoms with Crippen molar-refractivity contribution in [3.8, 4) is 5.75 Å². The molecule has 1 aliphatic carbocycles. The van der Waals surface area contributed by atoms with Gasteiger partial charge in [0.05, 0.1) is 5.69 Å². The first-order valence-electron chi connectivity index (χ1n) is 9.45. The fourth-order valence-corrected chi connectivity index (χ4v) is 3.71. The van der Waals surface area contributed by atoms with Crippen LogP contribution in [0.1, 0.15) is 24.1 Å². The van der Waals surface area contributed by atoms with E-state index < -0.39 is 0 Å². The van der Waals surface area contributed by atoms with Gasteiger partial charge in [-0.25, -0.2) is 0 Å². The Morgan fingerprint density at radius 1 is 1.04 bits per heavy atom. The zero-order valence-electron chi connectivity index (χ0n) is 15.2. The number of carbonyl (C=O) groups is 1. The molecule has 0 spiro atoms. The maximum Gasteiger partial charge on any atom is 0.260 e. The van der Waals surface area contributed by atoms with Crippen molar-refractivity contribution in [1.29, 1.82) is 0 Å². The standard InChI is InChI=1S/C20H23ClN4O2/c21-16-5-7-17(8-6-16)27-14-20(26)25-11-9-24(10-12-25)19-13-15-3-1-2-4-18(15)22-23-19/h5-8,13H,1-4,9-12,14H2. The molecule has 2 aliphatic rings. The highest BCUT2D eigenvalue weighted by Gasteiger charge is 2.23. The van der Waals surface area contributed by atoms with Gasteiger partial charge >= 0.3 is 0 Å². The second-order valence-electron chi connectivity index (χ2n) is 6.99. The van der Waals surface area contributed by atoms with Crippen LogP contribution in [0.3, 0.4) is 0 Å². The Morgan fingerprint density at radius 3 is 2.56 bits per heavy atom. The third-order valence-electron chi connectivity index (χ3n) is 5.19. The van der Waals surface area contributed by atoms with E-state index >= 15 is 0 Å². The summed E-state index contributed by atoms with van der Waals surface area (Å²) >= 11 is 5.85. The van der Waals surface area contributed by atoms with Gasteiger partial charge in [-0.2, -0.15) is 5.10 Å². The van der Waals surface area contributed by atoms with Gasteiger partial charge in [-0.15, -0.1) is 5.10 Å². The number of piperazine rings is 1. The molecule has 1 fully saturated rings. The Bertz CT molecular complexity index is 804. The molecular weight excluding hydrogens is 364 g/mol. The van der Waals surface area contributed by atoms with Gasteiger partial charge in [0.25, 0.3) is 5.91 Å². The number of hydrogen-bond donors (Lipinski definition) is 0. The number of benzene rings is 1. The molecule has 1 aromatic heterocycles. The quantitative estimate of drug-likeness (QED) is 0.808. The lowest BCUT2D eigenvalue weighted by molar-refractivity contribution is -0.133. The number of aromatic nitrogens is 2. The molecule has 27 heavy (non-hydrogen) atoms. The van der Waals surface area contributed by atoms with Crippen LogP contribution in [0.2, 0.25) is 5.02 Å². The fraction of sp³-hybridized carbons (Fsp3) is 0.450. The predicted octanol–water partition coefficient (Wildman–Crippen LogP) is 2.74. The van der Waals surface area contributed by atoms with Crippen LogP contribution >= 0.6 is 11.6 Å². The number of ether oxygens (including phenoxy) is 1. The second-order valence-corrected chi connectivity index (χ2v) is 7.43. The SMILES string of the molecule is O=C(COc1ccc(Cl)cc1)N1CCN(c2cc3c(nn2)CCCC3)CC1. The van der Waals surface area contributed by atoms with Gasteiger partial charge < -0.3 is 14.5 Å². The van der Waals surface area contributed by atoms with Crippen molar-refractivity contribution >= 4 is 23.3 Å². The van der Waals surface area contributed by atoms with Gasteiger partial charge in [0.15, 0.2) is 12.4 Å². The number of anilines is 1. The van der Waals surface area contributed by atoms with Crippen LogP contribution in [-0.2, 0) is 17.6 Å². The van der Waals surface area contributed by atoms with Crippen molar-refractivity contribution in [2.24, 2.45) is 0 Å². The van der Waals surface area contributed by atoms with E-state index in [1.54, 1.807) is 24.3 Å². The molecule has 0 atom stereocenters. The third-order valence-corrected chi connectivity index (χ3v) is 5.44. The van der Waals surface area contributed by atoms with Gasteiger partial charge in [0.1, 0.15) is 5.75 Å². The van der Waals surface area contributed by atoms with Crippen molar-refractivity contribution in [1.82, 2.24) is 15.1 Å². The lowest BCUT2D eigenvalue weighted by atomic mass is 9.97. The normalized spacial score (nSPS) is 16.8. The van der Waals surface area contributed by atoms with Gasteiger partial charge in [-0.1, -0.05) is 11.6 Å². The number of fused-ring (bicyclic) bond motifs is 1. The van der Waals surface area contributed by atoms with E-state index in [0.717, 1.165) is 37.4 Å². The zero-order chi connectivity index (χ0) is 18.6. The lowest BCUT2D eigenvalue weighted by Crippen LogP contribution is -2.50. The highest BCUT2D eigenvalue weighted by molar-refractivity contribution is 6.30. The molecule has 0 unspecified atom stereocenters. The summed E-state index contributed by atoms with van der Waals surface area (Å²) in [5.41, 5.74) is 2.49. The minimum absolute atomic E-state index is 0.00104. The van der Waals surface area contributed by atoms with E-state index in [1.807, 2.05) is 4.90 Å². The van der Waals surface area contributed by atoms with E-state index in [0.29, 0.717) is 23.9 Å². The molecule has 1 saturated heterocycles. The van der Waals surface area contributed by atoms with Gasteiger partial charge in [-0.05, 0) is 61.6 Å². The van der Waals surface area contributed by atoms with Crippen molar-refractivity contribution in [2.75, 3.05) is 37.7 Å². The van der Waals surface area contributed by atoms with Crippen molar-refractivity contribution < 1.29 is 9.53 Å². The number of rotatable bonds is 4. The number of nitrogens with zero attached hydrogens (tertiary/aromatic N) is 4. The molecule has 0 radical (unpaired) electrons. The molecule has 142 valence electrons. The molecule has 0 saturated carbocycles. The number of carbonyl (C=O) groups excluding carboxylic acids is 1. The Labute approximate surface area is 164 Å². The van der Waals surface area contributed by atoms with E-state index in [-0.39, 0.29) is 12.5 Å². The van der Waals surface area contributed by atoms with E-state index in [4.69, 9.17) is 16.3 Å². The monoisotopic (exact) mass is 386 g/mol. The topological polar surface area (TPSA) is 58.6 Å². The van der Waals surface area contributed by atoms with Gasteiger partial charge in [0, 0.05) is 31.2 Å². The molecule has 6 nitrogen and oxygen atoms in total. The molecule has 1 aromatic carbocycles. The van der Waals surface area contributed by atoms with Crippen molar-refractivity contribution in [2.45, 2.75) is 25.7 Å². The molecule has 4 rings (SSSR count). The summed E-state index contributed by atoms with van der Waals surface area (Å²) in [5, 5.41) is 9.47. The fourth-order valence-electron chi connectivity index (χ4n) is 3.59. The van der Waals surface area contributed by atoms with Crippen LogP contribution < -0.4 is 9.64 Å². The van der Waals surface area contributed by atoms with Gasteiger partial charge in [-0.3, -0.25) is 4.79 Å². The molecule has 7 heteroatoms. The third kappa shape index (κ3) is 4.33. The maximum atomic E-state index is 12.4. The molecular formula is C20H23ClN4O2. The highest BCUT2D eigenvalue weighted by atomic mass is 35.5. The van der Waals surface area contributed by atoms with Crippen LogP contribution in [0.15, 0.2) is 30.3 Å². The van der Waals surface area contributed by atoms with Crippen molar-refractivity contribution in [3.63, 3.8) is 0 Å². The number of halogens is 1. The van der Waals surface area contributed by atoms with Crippen LogP contribution in [0, 0.1) is 0 Å². The number of amides is 1. The smallest absolute Gasteiger partial charge is 0.260 e. The highest BCUT2D eigenvalue weighted by Crippen LogP contribution is 2.23. The number of aryl methyl sites for hydroxylation is 2. The van der Waals surface area contributed by atoms with Crippen LogP contribution in [0.4, 0.5) is 5.82 Å². The van der Waals surface area contributed by atoms with Gasteiger partial charge in [0.2, 0.25) is 0 Å². The summed E-state index contributed by atoms with van der Waals surface area (Å²) in [6, 6.07) is 9.22. The van der Waals surface area contributed by atoms with Crippen molar-refractivity contribution in [3.05, 3.63) is 46.6 Å². The molecule has 0 bridgehead atoms. The first-order valence-corrected chi connectivity index (χ1v) is 9.83. The average molecular weight is 387 g/mol. The molecule has 1 amide bonds. The predicted molar refractivity (Wildman–Crippen MR) is 104 cm³/mol. The van der Waals surface area contributed by atoms with E-state index in [1.165, 1.54) is 18.4 Å². The lowest BCUT2D eigenvalue weighted by Gasteiger charge is -2.35. The minimum atomic E-state index is 0.00104. The molecule has 2 aromatic rings. The van der Waals surface area contributed by atoms with Crippen LogP contribution in [-0.4, -0.2) is 53.8 Å².